The van der Waals surface area contributed by atoms with Gasteiger partial charge in [0, 0.05) is 26.9 Å². The number of benzene rings is 5. The molecule has 2 heterocycles. The number of fused-ring (bicyclic) bond motifs is 12. The summed E-state index contributed by atoms with van der Waals surface area (Å²) in [6.07, 6.45) is 0. The van der Waals surface area contributed by atoms with E-state index in [-0.39, 0.29) is 0 Å². The van der Waals surface area contributed by atoms with Crippen LogP contribution in [0.5, 0.6) is 0 Å². The maximum atomic E-state index is 6.29. The summed E-state index contributed by atoms with van der Waals surface area (Å²) >= 11 is 0. The SMILES string of the molecule is c1ccc2c(c1)oc1c2ccc2c1[nH]c1c3ccccc3c3ccccc3c21. The molecule has 5 aromatic carbocycles. The molecule has 0 aliphatic rings. The van der Waals surface area contributed by atoms with Crippen LogP contribution in [0.15, 0.2) is 89.3 Å². The highest BCUT2D eigenvalue weighted by Gasteiger charge is 2.17. The molecular weight excluding hydrogens is 342 g/mol. The molecule has 2 aromatic heterocycles. The molecule has 0 bridgehead atoms. The monoisotopic (exact) mass is 357 g/mol. The lowest BCUT2D eigenvalue weighted by Gasteiger charge is -2.06. The number of aromatic nitrogens is 1. The van der Waals surface area contributed by atoms with Crippen LogP contribution >= 0.6 is 0 Å². The molecule has 2 nitrogen and oxygen atoms in total. The second kappa shape index (κ2) is 4.93. The van der Waals surface area contributed by atoms with Crippen LogP contribution in [0.2, 0.25) is 0 Å². The zero-order chi connectivity index (χ0) is 18.2. The molecule has 1 N–H and O–H groups in total. The van der Waals surface area contributed by atoms with Crippen LogP contribution in [0.3, 0.4) is 0 Å². The minimum atomic E-state index is 0.929. The van der Waals surface area contributed by atoms with Crippen molar-refractivity contribution in [1.82, 2.24) is 4.98 Å². The zero-order valence-corrected chi connectivity index (χ0v) is 15.0. The Balaban J connectivity index is 1.82. The number of hydrogen-bond donors (Lipinski definition) is 1. The van der Waals surface area contributed by atoms with Crippen molar-refractivity contribution in [3.63, 3.8) is 0 Å². The van der Waals surface area contributed by atoms with Gasteiger partial charge < -0.3 is 9.40 Å². The summed E-state index contributed by atoms with van der Waals surface area (Å²) in [4.78, 5) is 3.72. The highest BCUT2D eigenvalue weighted by molar-refractivity contribution is 6.33. The molecule has 0 unspecified atom stereocenters. The third-order valence-electron chi connectivity index (χ3n) is 6.00. The second-order valence-corrected chi connectivity index (χ2v) is 7.43. The third kappa shape index (κ3) is 1.64. The topological polar surface area (TPSA) is 28.9 Å². The zero-order valence-electron chi connectivity index (χ0n) is 15.0. The van der Waals surface area contributed by atoms with Gasteiger partial charge in [0.25, 0.3) is 0 Å². The van der Waals surface area contributed by atoms with Gasteiger partial charge in [-0.15, -0.1) is 0 Å². The maximum absolute atomic E-state index is 6.29. The molecule has 0 fully saturated rings. The molecule has 0 spiro atoms. The van der Waals surface area contributed by atoms with Gasteiger partial charge >= 0.3 is 0 Å². The fraction of sp³-hybridized carbons (Fsp3) is 0. The van der Waals surface area contributed by atoms with Crippen molar-refractivity contribution in [2.24, 2.45) is 0 Å². The van der Waals surface area contributed by atoms with Gasteiger partial charge in [-0.3, -0.25) is 0 Å². The molecule has 0 radical (unpaired) electrons. The van der Waals surface area contributed by atoms with Crippen LogP contribution in [-0.2, 0) is 0 Å². The third-order valence-corrected chi connectivity index (χ3v) is 6.00. The van der Waals surface area contributed by atoms with E-state index in [2.05, 4.69) is 77.8 Å². The lowest BCUT2D eigenvalue weighted by molar-refractivity contribution is 0.672. The van der Waals surface area contributed by atoms with Crippen LogP contribution in [0.25, 0.3) is 65.3 Å². The molecule has 0 aliphatic carbocycles. The Morgan fingerprint density at radius 3 is 1.89 bits per heavy atom. The molecule has 0 saturated carbocycles. The Hall–Kier alpha value is -3.78. The van der Waals surface area contributed by atoms with Crippen LogP contribution in [0.1, 0.15) is 0 Å². The number of furan rings is 1. The number of aromatic amines is 1. The predicted octanol–water partition coefficient (Wildman–Crippen LogP) is 7.53. The van der Waals surface area contributed by atoms with E-state index in [1.165, 1.54) is 37.8 Å². The molecule has 28 heavy (non-hydrogen) atoms. The van der Waals surface area contributed by atoms with Gasteiger partial charge in [-0.2, -0.15) is 0 Å². The lowest BCUT2D eigenvalue weighted by Crippen LogP contribution is -1.80. The first kappa shape index (κ1) is 14.3. The largest absolute Gasteiger partial charge is 0.454 e. The van der Waals surface area contributed by atoms with E-state index in [0.717, 1.165) is 27.5 Å². The summed E-state index contributed by atoms with van der Waals surface area (Å²) < 4.78 is 6.29. The van der Waals surface area contributed by atoms with E-state index in [1.807, 2.05) is 12.1 Å². The summed E-state index contributed by atoms with van der Waals surface area (Å²) in [6, 6.07) is 30.0. The van der Waals surface area contributed by atoms with E-state index >= 15 is 0 Å². The molecule has 7 aromatic rings. The Morgan fingerprint density at radius 2 is 1.07 bits per heavy atom. The van der Waals surface area contributed by atoms with E-state index in [1.54, 1.807) is 0 Å². The maximum Gasteiger partial charge on any atom is 0.159 e. The Kier molecular flexibility index (Phi) is 2.52. The highest BCUT2D eigenvalue weighted by atomic mass is 16.3. The first-order valence-corrected chi connectivity index (χ1v) is 9.55. The fourth-order valence-corrected chi connectivity index (χ4v) is 4.80. The summed E-state index contributed by atoms with van der Waals surface area (Å²) in [5.74, 6) is 0. The Bertz CT molecular complexity index is 1720. The second-order valence-electron chi connectivity index (χ2n) is 7.43. The van der Waals surface area contributed by atoms with Crippen molar-refractivity contribution in [2.45, 2.75) is 0 Å². The molecule has 0 atom stereocenters. The van der Waals surface area contributed by atoms with Crippen LogP contribution in [0, 0.1) is 0 Å². The van der Waals surface area contributed by atoms with Gasteiger partial charge in [0.2, 0.25) is 0 Å². The number of H-pyrrole nitrogens is 1. The molecule has 130 valence electrons. The van der Waals surface area contributed by atoms with Crippen LogP contribution < -0.4 is 0 Å². The first-order valence-electron chi connectivity index (χ1n) is 9.55. The number of rotatable bonds is 0. The predicted molar refractivity (Wildman–Crippen MR) is 118 cm³/mol. The average molecular weight is 357 g/mol. The van der Waals surface area contributed by atoms with Gasteiger partial charge in [-0.05, 0) is 28.3 Å². The Morgan fingerprint density at radius 1 is 0.464 bits per heavy atom. The van der Waals surface area contributed by atoms with Crippen molar-refractivity contribution in [2.75, 3.05) is 0 Å². The normalized spacial score (nSPS) is 12.3. The van der Waals surface area contributed by atoms with Gasteiger partial charge in [-0.25, -0.2) is 0 Å². The molecule has 2 heteroatoms. The molecule has 7 rings (SSSR count). The molecular formula is C26H15NO. The van der Waals surface area contributed by atoms with Gasteiger partial charge in [0.05, 0.1) is 11.0 Å². The average Bonchev–Trinajstić information content (AvgIpc) is 3.33. The van der Waals surface area contributed by atoms with Crippen molar-refractivity contribution in [3.05, 3.63) is 84.9 Å². The van der Waals surface area contributed by atoms with Crippen molar-refractivity contribution < 1.29 is 4.42 Å². The minimum absolute atomic E-state index is 0.929. The highest BCUT2D eigenvalue weighted by Crippen LogP contribution is 2.42. The van der Waals surface area contributed by atoms with Gasteiger partial charge in [0.15, 0.2) is 5.58 Å². The Labute approximate surface area is 160 Å². The van der Waals surface area contributed by atoms with Crippen molar-refractivity contribution >= 4 is 65.3 Å². The minimum Gasteiger partial charge on any atom is -0.454 e. The smallest absolute Gasteiger partial charge is 0.159 e. The van der Waals surface area contributed by atoms with E-state index in [9.17, 15) is 0 Å². The van der Waals surface area contributed by atoms with Crippen molar-refractivity contribution in [3.8, 4) is 0 Å². The first-order chi connectivity index (χ1) is 13.9. The number of nitrogens with one attached hydrogen (secondary N) is 1. The molecule has 0 saturated heterocycles. The summed E-state index contributed by atoms with van der Waals surface area (Å²) in [7, 11) is 0. The van der Waals surface area contributed by atoms with E-state index in [4.69, 9.17) is 4.42 Å². The van der Waals surface area contributed by atoms with Gasteiger partial charge in [0.1, 0.15) is 5.58 Å². The van der Waals surface area contributed by atoms with Crippen LogP contribution in [0.4, 0.5) is 0 Å². The van der Waals surface area contributed by atoms with Gasteiger partial charge in [-0.1, -0.05) is 72.8 Å². The fourth-order valence-electron chi connectivity index (χ4n) is 4.80. The molecule has 0 aliphatic heterocycles. The molecule has 0 amide bonds. The number of para-hydroxylation sites is 1. The lowest BCUT2D eigenvalue weighted by atomic mass is 9.97. The summed E-state index contributed by atoms with van der Waals surface area (Å²) in [5, 5.41) is 9.88. The summed E-state index contributed by atoms with van der Waals surface area (Å²) in [5.41, 5.74) is 4.11. The van der Waals surface area contributed by atoms with E-state index < -0.39 is 0 Å². The van der Waals surface area contributed by atoms with Crippen LogP contribution in [-0.4, -0.2) is 4.98 Å². The standard InChI is InChI=1S/C26H15NO/c1-3-10-18-15(7-1)16-8-2-4-11-19(16)24-23(18)21-14-13-20-17-9-5-6-12-22(17)28-26(20)25(21)27-24/h1-14,27H. The van der Waals surface area contributed by atoms with Crippen molar-refractivity contribution in [1.29, 1.82) is 0 Å². The van der Waals surface area contributed by atoms with E-state index in [0.29, 0.717) is 0 Å². The quantitative estimate of drug-likeness (QED) is 0.279. The number of hydrogen-bond acceptors (Lipinski definition) is 1. The summed E-state index contributed by atoms with van der Waals surface area (Å²) in [6.45, 7) is 0.